The third kappa shape index (κ3) is 1.11. The number of imidazole rings is 1. The molecule has 3 nitrogen and oxygen atoms in total. The van der Waals surface area contributed by atoms with E-state index < -0.39 is 0 Å². The van der Waals surface area contributed by atoms with E-state index in [0.717, 1.165) is 21.6 Å². The van der Waals surface area contributed by atoms with Crippen molar-refractivity contribution >= 4 is 33.8 Å². The maximum atomic E-state index is 11.4. The van der Waals surface area contributed by atoms with Crippen molar-refractivity contribution < 1.29 is 4.79 Å². The molecule has 0 bridgehead atoms. The molecular formula is C11H8N2OS. The van der Waals surface area contributed by atoms with Gasteiger partial charge in [-0.05, 0) is 12.1 Å². The largest absolute Gasteiger partial charge is 0.299 e. The number of carbonyl (C=O) groups excluding carboxylic acids is 1. The molecule has 0 aliphatic carbocycles. The quantitative estimate of drug-likeness (QED) is 0.586. The first-order chi connectivity index (χ1) is 7.27. The van der Waals surface area contributed by atoms with Crippen LogP contribution in [0.15, 0.2) is 29.8 Å². The number of hydrogen-bond donors (Lipinski definition) is 0. The number of carbonyl (C=O) groups is 1. The van der Waals surface area contributed by atoms with Crippen LogP contribution in [0.5, 0.6) is 0 Å². The highest BCUT2D eigenvalue weighted by molar-refractivity contribution is 7.13. The summed E-state index contributed by atoms with van der Waals surface area (Å²) < 4.78 is 2.00. The predicted octanol–water partition coefficient (Wildman–Crippen LogP) is 2.75. The fraction of sp³-hybridized carbons (Fsp3) is 0.0909. The molecule has 0 spiro atoms. The maximum absolute atomic E-state index is 11.4. The lowest BCUT2D eigenvalue weighted by Crippen LogP contribution is -1.86. The van der Waals surface area contributed by atoms with Gasteiger partial charge in [0.25, 0.3) is 0 Å². The smallest absolute Gasteiger partial charge is 0.171 e. The van der Waals surface area contributed by atoms with Crippen LogP contribution in [0.1, 0.15) is 16.6 Å². The van der Waals surface area contributed by atoms with Gasteiger partial charge in [-0.2, -0.15) is 0 Å². The van der Waals surface area contributed by atoms with Crippen LogP contribution < -0.4 is 0 Å². The Labute approximate surface area is 90.0 Å². The second-order valence-electron chi connectivity index (χ2n) is 3.40. The Balaban J connectivity index is 2.50. The fourth-order valence-electron chi connectivity index (χ4n) is 1.71. The summed E-state index contributed by atoms with van der Waals surface area (Å²) in [6.07, 6.45) is 1.96. The predicted molar refractivity (Wildman–Crippen MR) is 60.6 cm³/mol. The van der Waals surface area contributed by atoms with Crippen molar-refractivity contribution in [1.82, 2.24) is 9.38 Å². The van der Waals surface area contributed by atoms with Gasteiger partial charge in [-0.3, -0.25) is 9.20 Å². The van der Waals surface area contributed by atoms with E-state index in [0.29, 0.717) is 0 Å². The third-order valence-electron chi connectivity index (χ3n) is 2.39. The number of hydrogen-bond acceptors (Lipinski definition) is 3. The fourth-order valence-corrected chi connectivity index (χ4v) is 2.60. The molecule has 0 saturated carbocycles. The summed E-state index contributed by atoms with van der Waals surface area (Å²) in [5.74, 6) is 0.0819. The van der Waals surface area contributed by atoms with Crippen molar-refractivity contribution in [2.75, 3.05) is 0 Å². The molecule has 0 aromatic carbocycles. The van der Waals surface area contributed by atoms with Gasteiger partial charge in [0.15, 0.2) is 5.78 Å². The maximum Gasteiger partial charge on any atom is 0.171 e. The number of aromatic nitrogens is 2. The topological polar surface area (TPSA) is 34.4 Å². The molecule has 3 aromatic rings. The minimum Gasteiger partial charge on any atom is -0.299 e. The van der Waals surface area contributed by atoms with Gasteiger partial charge >= 0.3 is 0 Å². The van der Waals surface area contributed by atoms with Crippen LogP contribution in [0.25, 0.3) is 16.7 Å². The van der Waals surface area contributed by atoms with Crippen LogP contribution in [-0.2, 0) is 0 Å². The molecule has 4 heteroatoms. The van der Waals surface area contributed by atoms with Crippen molar-refractivity contribution in [1.29, 1.82) is 0 Å². The number of pyridine rings is 1. The molecule has 3 rings (SSSR count). The van der Waals surface area contributed by atoms with Crippen LogP contribution in [-0.4, -0.2) is 15.2 Å². The van der Waals surface area contributed by atoms with Gasteiger partial charge in [0, 0.05) is 18.5 Å². The van der Waals surface area contributed by atoms with Gasteiger partial charge < -0.3 is 0 Å². The summed E-state index contributed by atoms with van der Waals surface area (Å²) in [4.78, 5) is 16.6. The van der Waals surface area contributed by atoms with Gasteiger partial charge in [-0.1, -0.05) is 6.07 Å². The molecule has 0 atom stereocenters. The Bertz CT molecular complexity index is 665. The molecule has 0 aliphatic rings. The Hall–Kier alpha value is -1.68. The Morgan fingerprint density at radius 1 is 1.47 bits per heavy atom. The van der Waals surface area contributed by atoms with E-state index in [1.807, 2.05) is 34.2 Å². The number of nitrogens with zero attached hydrogens (tertiary/aromatic N) is 2. The first kappa shape index (κ1) is 8.61. The lowest BCUT2D eigenvalue weighted by atomic mass is 10.3. The van der Waals surface area contributed by atoms with Crippen molar-refractivity contribution in [2.45, 2.75) is 6.92 Å². The summed E-state index contributed by atoms with van der Waals surface area (Å²) in [7, 11) is 0. The zero-order valence-corrected chi connectivity index (χ0v) is 8.91. The average Bonchev–Trinajstić information content (AvgIpc) is 2.74. The van der Waals surface area contributed by atoms with Gasteiger partial charge in [-0.25, -0.2) is 4.98 Å². The normalized spacial score (nSPS) is 11.3. The summed E-state index contributed by atoms with van der Waals surface area (Å²) in [5.41, 5.74) is 2.72. The molecule has 0 N–H and O–H groups in total. The number of rotatable bonds is 1. The summed E-state index contributed by atoms with van der Waals surface area (Å²) in [6, 6.07) is 5.84. The molecule has 0 aliphatic heterocycles. The lowest BCUT2D eigenvalue weighted by molar-refractivity contribution is 0.102. The van der Waals surface area contributed by atoms with Crippen LogP contribution in [0.4, 0.5) is 0 Å². The zero-order valence-electron chi connectivity index (χ0n) is 8.10. The van der Waals surface area contributed by atoms with E-state index in [4.69, 9.17) is 0 Å². The van der Waals surface area contributed by atoms with E-state index in [1.54, 1.807) is 6.92 Å². The molecule has 15 heavy (non-hydrogen) atoms. The van der Waals surface area contributed by atoms with Crippen LogP contribution in [0.3, 0.4) is 0 Å². The standard InChI is InChI=1S/C11H8N2OS/c1-7(14)11-10-8(6-15-11)13-5-3-2-4-9(13)12-10/h2-6H,1H3. The first-order valence-corrected chi connectivity index (χ1v) is 5.50. The van der Waals surface area contributed by atoms with Crippen molar-refractivity contribution in [3.63, 3.8) is 0 Å². The Morgan fingerprint density at radius 3 is 3.13 bits per heavy atom. The van der Waals surface area contributed by atoms with Crippen LogP contribution >= 0.6 is 11.3 Å². The van der Waals surface area contributed by atoms with Crippen LogP contribution in [0.2, 0.25) is 0 Å². The summed E-state index contributed by atoms with van der Waals surface area (Å²) in [6.45, 7) is 1.58. The minimum absolute atomic E-state index is 0.0819. The highest BCUT2D eigenvalue weighted by Crippen LogP contribution is 2.26. The summed E-state index contributed by atoms with van der Waals surface area (Å²) in [5, 5.41) is 1.98. The molecule has 0 saturated heterocycles. The molecule has 3 aromatic heterocycles. The van der Waals surface area contributed by atoms with Crippen LogP contribution in [0, 0.1) is 0 Å². The van der Waals surface area contributed by atoms with Crippen molar-refractivity contribution in [3.05, 3.63) is 34.7 Å². The monoisotopic (exact) mass is 216 g/mol. The SMILES string of the molecule is CC(=O)c1scc2c1nc1ccccn12. The van der Waals surface area contributed by atoms with Crippen molar-refractivity contribution in [3.8, 4) is 0 Å². The van der Waals surface area contributed by atoms with E-state index >= 15 is 0 Å². The number of fused-ring (bicyclic) bond motifs is 3. The second kappa shape index (κ2) is 2.90. The van der Waals surface area contributed by atoms with Gasteiger partial charge in [0.05, 0.1) is 10.4 Å². The lowest BCUT2D eigenvalue weighted by Gasteiger charge is -1.89. The van der Waals surface area contributed by atoms with E-state index in [9.17, 15) is 4.79 Å². The molecular weight excluding hydrogens is 208 g/mol. The van der Waals surface area contributed by atoms with Crippen molar-refractivity contribution in [2.24, 2.45) is 0 Å². The summed E-state index contributed by atoms with van der Waals surface area (Å²) >= 11 is 1.46. The zero-order chi connectivity index (χ0) is 10.4. The Morgan fingerprint density at radius 2 is 2.33 bits per heavy atom. The number of Topliss-reactive ketones (excluding diaryl/α,β-unsaturated/α-hetero) is 1. The van der Waals surface area contributed by atoms with Gasteiger partial charge in [-0.15, -0.1) is 11.3 Å². The highest BCUT2D eigenvalue weighted by Gasteiger charge is 2.13. The van der Waals surface area contributed by atoms with E-state index in [2.05, 4.69) is 4.98 Å². The number of thiophene rings is 1. The highest BCUT2D eigenvalue weighted by atomic mass is 32.1. The Kier molecular flexibility index (Phi) is 1.67. The molecule has 0 amide bonds. The average molecular weight is 216 g/mol. The minimum atomic E-state index is 0.0819. The van der Waals surface area contributed by atoms with Gasteiger partial charge in [0.2, 0.25) is 0 Å². The van der Waals surface area contributed by atoms with Gasteiger partial charge in [0.1, 0.15) is 11.2 Å². The molecule has 0 radical (unpaired) electrons. The van der Waals surface area contributed by atoms with E-state index in [-0.39, 0.29) is 5.78 Å². The third-order valence-corrected chi connectivity index (χ3v) is 3.45. The molecule has 3 heterocycles. The molecule has 74 valence electrons. The second-order valence-corrected chi connectivity index (χ2v) is 4.28. The molecule has 0 unspecified atom stereocenters. The van der Waals surface area contributed by atoms with E-state index in [1.165, 1.54) is 11.3 Å². The number of ketones is 1. The first-order valence-electron chi connectivity index (χ1n) is 4.62. The molecule has 0 fully saturated rings.